The molecule has 2 heterocycles. The van der Waals surface area contributed by atoms with Gasteiger partial charge in [0.2, 0.25) is 0 Å². The van der Waals surface area contributed by atoms with Gasteiger partial charge in [-0.05, 0) is 57.2 Å². The van der Waals surface area contributed by atoms with Crippen LogP contribution in [0, 0.1) is 0 Å². The zero-order chi connectivity index (χ0) is 19.8. The van der Waals surface area contributed by atoms with Crippen LogP contribution in [-0.4, -0.2) is 55.3 Å². The normalized spacial score (nSPS) is 22.4. The van der Waals surface area contributed by atoms with Gasteiger partial charge in [0.15, 0.2) is 5.96 Å². The lowest BCUT2D eigenvalue weighted by atomic mass is 10.0. The fourth-order valence-corrected chi connectivity index (χ4v) is 3.63. The third-order valence-electron chi connectivity index (χ3n) is 5.27. The van der Waals surface area contributed by atoms with E-state index in [0.717, 1.165) is 75.7 Å². The molecule has 1 unspecified atom stereocenters. The van der Waals surface area contributed by atoms with Crippen molar-refractivity contribution in [1.29, 1.82) is 0 Å². The molecule has 1 aromatic carbocycles. The van der Waals surface area contributed by atoms with E-state index in [1.807, 2.05) is 29.2 Å². The largest absolute Gasteiger partial charge is 0.373 e. The molecule has 2 fully saturated rings. The number of hydrogen-bond acceptors (Lipinski definition) is 3. The van der Waals surface area contributed by atoms with Crippen molar-refractivity contribution in [2.45, 2.75) is 51.7 Å². The van der Waals surface area contributed by atoms with Gasteiger partial charge in [0, 0.05) is 38.5 Å². The maximum absolute atomic E-state index is 12.3. The standard InChI is InChI=1S/C21H33N5O2/c1-3-22-19(24-16-21(2)10-7-13-28-21)23-15-17-8-6-9-18(14-17)25-20(27)26-11-4-5-12-26/h6,8-9,14H,3-5,7,10-13,15-16H2,1-2H3,(H,25,27)(H2,22,23,24). The van der Waals surface area contributed by atoms with Crippen molar-refractivity contribution in [2.75, 3.05) is 38.1 Å². The fraction of sp³-hybridized carbons (Fsp3) is 0.619. The first kappa shape index (κ1) is 20.5. The average molecular weight is 388 g/mol. The monoisotopic (exact) mass is 387 g/mol. The number of likely N-dealkylation sites (tertiary alicyclic amines) is 1. The summed E-state index contributed by atoms with van der Waals surface area (Å²) in [6, 6.07) is 7.88. The molecule has 1 aromatic rings. The Morgan fingerprint density at radius 2 is 2.07 bits per heavy atom. The van der Waals surface area contributed by atoms with Crippen molar-refractivity contribution in [2.24, 2.45) is 4.99 Å². The zero-order valence-corrected chi connectivity index (χ0v) is 17.1. The Balaban J connectivity index is 1.56. The molecule has 0 saturated carbocycles. The lowest BCUT2D eigenvalue weighted by Crippen LogP contribution is -2.45. The van der Waals surface area contributed by atoms with Gasteiger partial charge in [0.05, 0.1) is 12.1 Å². The van der Waals surface area contributed by atoms with Crippen LogP contribution in [0.1, 0.15) is 45.1 Å². The van der Waals surface area contributed by atoms with Crippen molar-refractivity contribution in [3.8, 4) is 0 Å². The molecule has 2 saturated heterocycles. The Morgan fingerprint density at radius 3 is 2.79 bits per heavy atom. The van der Waals surface area contributed by atoms with Crippen LogP contribution >= 0.6 is 0 Å². The number of carbonyl (C=O) groups excluding carboxylic acids is 1. The Bertz CT molecular complexity index is 679. The summed E-state index contributed by atoms with van der Waals surface area (Å²) in [5, 5.41) is 9.67. The number of benzene rings is 1. The molecule has 2 aliphatic rings. The van der Waals surface area contributed by atoms with Crippen molar-refractivity contribution in [3.63, 3.8) is 0 Å². The van der Waals surface area contributed by atoms with Crippen LogP contribution in [0.5, 0.6) is 0 Å². The number of rotatable bonds is 6. The van der Waals surface area contributed by atoms with Gasteiger partial charge >= 0.3 is 6.03 Å². The molecule has 3 N–H and O–H groups in total. The molecule has 7 nitrogen and oxygen atoms in total. The number of nitrogens with one attached hydrogen (secondary N) is 3. The SMILES string of the molecule is CCNC(=NCc1cccc(NC(=O)N2CCCC2)c1)NCC1(C)CCCO1. The predicted octanol–water partition coefficient (Wildman–Crippen LogP) is 2.94. The predicted molar refractivity (Wildman–Crippen MR) is 113 cm³/mol. The summed E-state index contributed by atoms with van der Waals surface area (Å²) < 4.78 is 5.84. The van der Waals surface area contributed by atoms with Crippen LogP contribution < -0.4 is 16.0 Å². The van der Waals surface area contributed by atoms with Gasteiger partial charge in [-0.2, -0.15) is 0 Å². The second-order valence-electron chi connectivity index (χ2n) is 7.78. The van der Waals surface area contributed by atoms with Gasteiger partial charge in [0.1, 0.15) is 0 Å². The van der Waals surface area contributed by atoms with Crippen LogP contribution in [0.2, 0.25) is 0 Å². The zero-order valence-electron chi connectivity index (χ0n) is 17.1. The number of amides is 2. The fourth-order valence-electron chi connectivity index (χ4n) is 3.63. The Morgan fingerprint density at radius 1 is 1.25 bits per heavy atom. The lowest BCUT2D eigenvalue weighted by Gasteiger charge is -2.24. The molecule has 7 heteroatoms. The van der Waals surface area contributed by atoms with Gasteiger partial charge in [-0.1, -0.05) is 12.1 Å². The van der Waals surface area contributed by atoms with Crippen LogP contribution in [0.25, 0.3) is 0 Å². The number of hydrogen-bond donors (Lipinski definition) is 3. The second kappa shape index (κ2) is 9.78. The highest BCUT2D eigenvalue weighted by molar-refractivity contribution is 5.89. The topological polar surface area (TPSA) is 78.0 Å². The van der Waals surface area contributed by atoms with E-state index in [2.05, 4.69) is 34.8 Å². The molecule has 3 rings (SSSR count). The molecule has 0 aromatic heterocycles. The number of ether oxygens (including phenoxy) is 1. The maximum Gasteiger partial charge on any atom is 0.321 e. The Kier molecular flexibility index (Phi) is 7.14. The summed E-state index contributed by atoms with van der Waals surface area (Å²) in [5.41, 5.74) is 1.75. The summed E-state index contributed by atoms with van der Waals surface area (Å²) >= 11 is 0. The molecule has 0 aliphatic carbocycles. The van der Waals surface area contributed by atoms with E-state index in [1.165, 1.54) is 0 Å². The molecular formula is C21H33N5O2. The molecule has 0 radical (unpaired) electrons. The minimum absolute atomic E-state index is 0.0158. The van der Waals surface area contributed by atoms with E-state index in [9.17, 15) is 4.79 Å². The summed E-state index contributed by atoms with van der Waals surface area (Å²) in [6.45, 7) is 8.80. The Hall–Kier alpha value is -2.28. The highest BCUT2D eigenvalue weighted by Crippen LogP contribution is 2.23. The van der Waals surface area contributed by atoms with Crippen molar-refractivity contribution >= 4 is 17.7 Å². The van der Waals surface area contributed by atoms with E-state index in [0.29, 0.717) is 6.54 Å². The van der Waals surface area contributed by atoms with E-state index >= 15 is 0 Å². The number of nitrogens with zero attached hydrogens (tertiary/aromatic N) is 2. The van der Waals surface area contributed by atoms with E-state index in [1.54, 1.807) is 0 Å². The third-order valence-corrected chi connectivity index (χ3v) is 5.27. The molecule has 1 atom stereocenters. The summed E-state index contributed by atoms with van der Waals surface area (Å²) in [6.07, 6.45) is 4.36. The quantitative estimate of drug-likeness (QED) is 0.518. The first-order valence-electron chi connectivity index (χ1n) is 10.4. The highest BCUT2D eigenvalue weighted by Gasteiger charge is 2.29. The van der Waals surface area contributed by atoms with E-state index in [4.69, 9.17) is 4.74 Å². The molecule has 154 valence electrons. The Labute approximate surface area is 167 Å². The van der Waals surface area contributed by atoms with E-state index < -0.39 is 0 Å². The first-order valence-corrected chi connectivity index (χ1v) is 10.4. The minimum Gasteiger partial charge on any atom is -0.373 e. The van der Waals surface area contributed by atoms with Crippen LogP contribution in [0.3, 0.4) is 0 Å². The highest BCUT2D eigenvalue weighted by atomic mass is 16.5. The third kappa shape index (κ3) is 5.86. The van der Waals surface area contributed by atoms with Gasteiger partial charge in [0.25, 0.3) is 0 Å². The van der Waals surface area contributed by atoms with Crippen LogP contribution in [-0.2, 0) is 11.3 Å². The number of carbonyl (C=O) groups is 1. The smallest absolute Gasteiger partial charge is 0.321 e. The van der Waals surface area contributed by atoms with Crippen LogP contribution in [0.4, 0.5) is 10.5 Å². The van der Waals surface area contributed by atoms with Crippen LogP contribution in [0.15, 0.2) is 29.3 Å². The number of guanidine groups is 1. The summed E-state index contributed by atoms with van der Waals surface area (Å²) in [7, 11) is 0. The molecule has 0 spiro atoms. The molecule has 2 amide bonds. The van der Waals surface area contributed by atoms with Gasteiger partial charge in [-0.25, -0.2) is 9.79 Å². The molecule has 28 heavy (non-hydrogen) atoms. The maximum atomic E-state index is 12.3. The number of urea groups is 1. The van der Waals surface area contributed by atoms with Crippen molar-refractivity contribution < 1.29 is 9.53 Å². The van der Waals surface area contributed by atoms with Gasteiger partial charge in [-0.15, -0.1) is 0 Å². The van der Waals surface area contributed by atoms with Gasteiger partial charge < -0.3 is 25.6 Å². The average Bonchev–Trinajstić information content (AvgIpc) is 3.37. The van der Waals surface area contributed by atoms with Gasteiger partial charge in [-0.3, -0.25) is 0 Å². The molecule has 0 bridgehead atoms. The second-order valence-corrected chi connectivity index (χ2v) is 7.78. The molecule has 2 aliphatic heterocycles. The summed E-state index contributed by atoms with van der Waals surface area (Å²) in [5.74, 6) is 0.783. The molecular weight excluding hydrogens is 354 g/mol. The van der Waals surface area contributed by atoms with E-state index in [-0.39, 0.29) is 11.6 Å². The first-order chi connectivity index (χ1) is 13.6. The lowest BCUT2D eigenvalue weighted by molar-refractivity contribution is 0.0243. The van der Waals surface area contributed by atoms with Crippen molar-refractivity contribution in [1.82, 2.24) is 15.5 Å². The van der Waals surface area contributed by atoms with Crippen molar-refractivity contribution in [3.05, 3.63) is 29.8 Å². The number of anilines is 1. The minimum atomic E-state index is -0.115. The number of aliphatic imine (C=N–C) groups is 1. The summed E-state index contributed by atoms with van der Waals surface area (Å²) in [4.78, 5) is 18.8.